The van der Waals surface area contributed by atoms with Gasteiger partial charge in [0.25, 0.3) is 5.91 Å². The van der Waals surface area contributed by atoms with E-state index in [2.05, 4.69) is 17.2 Å². The molecular formula is C16H23N3O2. The average Bonchev–Trinajstić information content (AvgIpc) is 3.04. The summed E-state index contributed by atoms with van der Waals surface area (Å²) >= 11 is 0. The minimum absolute atomic E-state index is 0.0595. The van der Waals surface area contributed by atoms with E-state index < -0.39 is 0 Å². The molecule has 2 saturated heterocycles. The second kappa shape index (κ2) is 6.54. The highest BCUT2D eigenvalue weighted by Gasteiger charge is 2.36. The fraction of sp³-hybridized carbons (Fsp3) is 0.625. The summed E-state index contributed by atoms with van der Waals surface area (Å²) in [5, 5.41) is 3.37. The number of ether oxygens (including phenoxy) is 1. The number of pyridine rings is 1. The Hall–Kier alpha value is -1.46. The number of hydrogen-bond acceptors (Lipinski definition) is 4. The Bertz CT molecular complexity index is 480. The lowest BCUT2D eigenvalue weighted by Gasteiger charge is -2.37. The fourth-order valence-corrected chi connectivity index (χ4v) is 3.21. The zero-order valence-corrected chi connectivity index (χ0v) is 12.5. The Morgan fingerprint density at radius 1 is 1.52 bits per heavy atom. The largest absolute Gasteiger partial charge is 0.365 e. The number of amides is 1. The van der Waals surface area contributed by atoms with E-state index in [1.54, 1.807) is 6.20 Å². The molecule has 5 heteroatoms. The second-order valence-electron chi connectivity index (χ2n) is 5.77. The van der Waals surface area contributed by atoms with E-state index in [1.165, 1.54) is 0 Å². The van der Waals surface area contributed by atoms with Crippen LogP contribution in [0.25, 0.3) is 0 Å². The first-order chi connectivity index (χ1) is 10.3. The van der Waals surface area contributed by atoms with Crippen LogP contribution in [0.3, 0.4) is 0 Å². The molecule has 0 radical (unpaired) electrons. The molecule has 2 fully saturated rings. The van der Waals surface area contributed by atoms with Crippen LogP contribution < -0.4 is 5.32 Å². The van der Waals surface area contributed by atoms with Crippen LogP contribution in [0.2, 0.25) is 0 Å². The third-order valence-electron chi connectivity index (χ3n) is 4.43. The van der Waals surface area contributed by atoms with E-state index in [9.17, 15) is 4.79 Å². The Morgan fingerprint density at radius 2 is 2.43 bits per heavy atom. The summed E-state index contributed by atoms with van der Waals surface area (Å²) in [4.78, 5) is 18.9. The van der Waals surface area contributed by atoms with Crippen LogP contribution in [-0.4, -0.2) is 47.6 Å². The van der Waals surface area contributed by atoms with Crippen molar-refractivity contribution >= 4 is 5.91 Å². The van der Waals surface area contributed by atoms with Crippen LogP contribution in [-0.2, 0) is 9.53 Å². The third kappa shape index (κ3) is 3.09. The van der Waals surface area contributed by atoms with Crippen molar-refractivity contribution in [3.8, 4) is 0 Å². The van der Waals surface area contributed by atoms with Gasteiger partial charge in [-0.15, -0.1) is 0 Å². The van der Waals surface area contributed by atoms with Crippen molar-refractivity contribution in [2.75, 3.05) is 19.6 Å². The molecule has 0 saturated carbocycles. The molecule has 2 aliphatic rings. The highest BCUT2D eigenvalue weighted by Crippen LogP contribution is 2.28. The lowest BCUT2D eigenvalue weighted by atomic mass is 10.0. The Morgan fingerprint density at radius 3 is 3.14 bits per heavy atom. The van der Waals surface area contributed by atoms with Gasteiger partial charge in [0.05, 0.1) is 12.1 Å². The maximum atomic E-state index is 12.8. The summed E-state index contributed by atoms with van der Waals surface area (Å²) < 4.78 is 5.88. The SMILES string of the molecule is CCC1CCC(C(=O)N2CCNCC2c2cccnc2)O1. The molecule has 3 unspecified atom stereocenters. The first kappa shape index (κ1) is 14.5. The lowest BCUT2D eigenvalue weighted by Crippen LogP contribution is -2.51. The molecule has 3 heterocycles. The predicted octanol–water partition coefficient (Wildman–Crippen LogP) is 1.51. The number of nitrogens with zero attached hydrogens (tertiary/aromatic N) is 2. The number of rotatable bonds is 3. The van der Waals surface area contributed by atoms with Gasteiger partial charge in [0, 0.05) is 32.0 Å². The summed E-state index contributed by atoms with van der Waals surface area (Å²) in [7, 11) is 0. The van der Waals surface area contributed by atoms with Crippen LogP contribution in [0.1, 0.15) is 37.8 Å². The highest BCUT2D eigenvalue weighted by molar-refractivity contribution is 5.81. The van der Waals surface area contributed by atoms with Crippen molar-refractivity contribution in [1.82, 2.24) is 15.2 Å². The molecule has 3 atom stereocenters. The molecule has 0 spiro atoms. The molecule has 5 nitrogen and oxygen atoms in total. The molecule has 0 aliphatic carbocycles. The molecule has 21 heavy (non-hydrogen) atoms. The molecule has 1 aromatic heterocycles. The summed E-state index contributed by atoms with van der Waals surface area (Å²) in [5.74, 6) is 0.140. The van der Waals surface area contributed by atoms with Gasteiger partial charge in [0.15, 0.2) is 0 Å². The summed E-state index contributed by atoms with van der Waals surface area (Å²) in [6.07, 6.45) is 6.43. The number of aromatic nitrogens is 1. The van der Waals surface area contributed by atoms with E-state index in [4.69, 9.17) is 4.74 Å². The molecule has 1 amide bonds. The molecule has 0 bridgehead atoms. The first-order valence-corrected chi connectivity index (χ1v) is 7.86. The minimum atomic E-state index is -0.257. The van der Waals surface area contributed by atoms with Gasteiger partial charge in [0.2, 0.25) is 0 Å². The van der Waals surface area contributed by atoms with Gasteiger partial charge in [-0.05, 0) is 30.9 Å². The molecular weight excluding hydrogens is 266 g/mol. The van der Waals surface area contributed by atoms with Crippen molar-refractivity contribution < 1.29 is 9.53 Å². The van der Waals surface area contributed by atoms with Crippen LogP contribution >= 0.6 is 0 Å². The third-order valence-corrected chi connectivity index (χ3v) is 4.43. The van der Waals surface area contributed by atoms with Gasteiger partial charge in [-0.2, -0.15) is 0 Å². The molecule has 114 valence electrons. The van der Waals surface area contributed by atoms with Gasteiger partial charge < -0.3 is 15.0 Å². The zero-order chi connectivity index (χ0) is 14.7. The monoisotopic (exact) mass is 289 g/mol. The highest BCUT2D eigenvalue weighted by atomic mass is 16.5. The number of piperazine rings is 1. The van der Waals surface area contributed by atoms with Gasteiger partial charge >= 0.3 is 0 Å². The van der Waals surface area contributed by atoms with Crippen molar-refractivity contribution in [1.29, 1.82) is 0 Å². The maximum Gasteiger partial charge on any atom is 0.252 e. The Balaban J connectivity index is 1.74. The average molecular weight is 289 g/mol. The van der Waals surface area contributed by atoms with E-state index in [1.807, 2.05) is 23.2 Å². The van der Waals surface area contributed by atoms with Crippen molar-refractivity contribution in [3.05, 3.63) is 30.1 Å². The number of carbonyl (C=O) groups is 1. The van der Waals surface area contributed by atoms with Crippen molar-refractivity contribution in [3.63, 3.8) is 0 Å². The number of nitrogens with one attached hydrogen (secondary N) is 1. The van der Waals surface area contributed by atoms with Crippen LogP contribution in [0, 0.1) is 0 Å². The number of hydrogen-bond donors (Lipinski definition) is 1. The van der Waals surface area contributed by atoms with E-state index in [-0.39, 0.29) is 24.2 Å². The summed E-state index contributed by atoms with van der Waals surface area (Å²) in [5.41, 5.74) is 1.09. The molecule has 1 N–H and O–H groups in total. The summed E-state index contributed by atoms with van der Waals surface area (Å²) in [6.45, 7) is 4.46. The normalized spacial score (nSPS) is 29.6. The van der Waals surface area contributed by atoms with Crippen molar-refractivity contribution in [2.45, 2.75) is 44.4 Å². The smallest absolute Gasteiger partial charge is 0.252 e. The van der Waals surface area contributed by atoms with Gasteiger partial charge in [-0.3, -0.25) is 9.78 Å². The minimum Gasteiger partial charge on any atom is -0.365 e. The fourth-order valence-electron chi connectivity index (χ4n) is 3.21. The standard InChI is InChI=1S/C16H23N3O2/c1-2-13-5-6-15(21-13)16(20)19-9-8-18-11-14(19)12-4-3-7-17-10-12/h3-4,7,10,13-15,18H,2,5-6,8-9,11H2,1H3. The lowest BCUT2D eigenvalue weighted by molar-refractivity contribution is -0.146. The van der Waals surface area contributed by atoms with E-state index in [0.717, 1.165) is 44.5 Å². The topological polar surface area (TPSA) is 54.5 Å². The Kier molecular flexibility index (Phi) is 4.51. The second-order valence-corrected chi connectivity index (χ2v) is 5.77. The van der Waals surface area contributed by atoms with Crippen molar-refractivity contribution in [2.24, 2.45) is 0 Å². The molecule has 0 aromatic carbocycles. The quantitative estimate of drug-likeness (QED) is 0.916. The first-order valence-electron chi connectivity index (χ1n) is 7.86. The van der Waals surface area contributed by atoms with Crippen LogP contribution in [0.4, 0.5) is 0 Å². The molecule has 3 rings (SSSR count). The van der Waals surface area contributed by atoms with Gasteiger partial charge in [0.1, 0.15) is 6.10 Å². The zero-order valence-electron chi connectivity index (χ0n) is 12.5. The van der Waals surface area contributed by atoms with Gasteiger partial charge in [-0.25, -0.2) is 0 Å². The molecule has 2 aliphatic heterocycles. The predicted molar refractivity (Wildman–Crippen MR) is 79.7 cm³/mol. The Labute approximate surface area is 125 Å². The molecule has 1 aromatic rings. The maximum absolute atomic E-state index is 12.8. The van der Waals surface area contributed by atoms with Gasteiger partial charge in [-0.1, -0.05) is 13.0 Å². The summed E-state index contributed by atoms with van der Waals surface area (Å²) in [6, 6.07) is 4.02. The van der Waals surface area contributed by atoms with Crippen LogP contribution in [0.5, 0.6) is 0 Å². The van der Waals surface area contributed by atoms with E-state index >= 15 is 0 Å². The number of carbonyl (C=O) groups excluding carboxylic acids is 1. The van der Waals surface area contributed by atoms with E-state index in [0.29, 0.717) is 0 Å². The van der Waals surface area contributed by atoms with Crippen LogP contribution in [0.15, 0.2) is 24.5 Å².